The van der Waals surface area contributed by atoms with Crippen molar-refractivity contribution < 1.29 is 4.74 Å². The summed E-state index contributed by atoms with van der Waals surface area (Å²) in [4.78, 5) is 4.57. The summed E-state index contributed by atoms with van der Waals surface area (Å²) in [6, 6.07) is 19.3. The number of rotatable bonds is 5. The van der Waals surface area contributed by atoms with E-state index in [-0.39, 0.29) is 0 Å². The first kappa shape index (κ1) is 18.5. The van der Waals surface area contributed by atoms with Gasteiger partial charge in [-0.25, -0.2) is 0 Å². The normalized spacial score (nSPS) is 11.1. The van der Waals surface area contributed by atoms with E-state index in [1.807, 2.05) is 60.8 Å². The van der Waals surface area contributed by atoms with Crippen LogP contribution in [-0.4, -0.2) is 6.21 Å². The van der Waals surface area contributed by atoms with Crippen molar-refractivity contribution in [2.75, 3.05) is 0 Å². The second-order valence-corrected chi connectivity index (χ2v) is 6.93. The zero-order valence-electron chi connectivity index (χ0n) is 14.7. The van der Waals surface area contributed by atoms with Crippen molar-refractivity contribution in [3.63, 3.8) is 0 Å². The Balaban J connectivity index is 1.71. The molecule has 0 saturated carbocycles. The second-order valence-electron chi connectivity index (χ2n) is 6.09. The molecule has 0 aromatic heterocycles. The van der Waals surface area contributed by atoms with Crippen LogP contribution in [0, 0.1) is 13.8 Å². The molecule has 0 unspecified atom stereocenters. The molecule has 3 aromatic carbocycles. The van der Waals surface area contributed by atoms with Crippen molar-refractivity contribution >= 4 is 35.1 Å². The molecule has 3 aromatic rings. The number of halogens is 2. The van der Waals surface area contributed by atoms with Crippen LogP contribution in [0.1, 0.15) is 22.3 Å². The number of hydrogen-bond donors (Lipinski definition) is 0. The Bertz CT molecular complexity index is 951. The molecule has 0 heterocycles. The number of aliphatic imine (C=N–C) groups is 1. The smallest absolute Gasteiger partial charge is 0.138 e. The van der Waals surface area contributed by atoms with Gasteiger partial charge in [0.15, 0.2) is 0 Å². The highest BCUT2D eigenvalue weighted by molar-refractivity contribution is 6.32. The van der Waals surface area contributed by atoms with E-state index in [4.69, 9.17) is 27.9 Å². The lowest BCUT2D eigenvalue weighted by Gasteiger charge is -2.09. The third-order valence-electron chi connectivity index (χ3n) is 4.17. The molecule has 0 N–H and O–H groups in total. The molecule has 0 fully saturated rings. The molecule has 0 bridgehead atoms. The van der Waals surface area contributed by atoms with E-state index >= 15 is 0 Å². The van der Waals surface area contributed by atoms with E-state index in [2.05, 4.69) is 24.9 Å². The highest BCUT2D eigenvalue weighted by atomic mass is 35.5. The van der Waals surface area contributed by atoms with E-state index in [9.17, 15) is 0 Å². The Morgan fingerprint density at radius 3 is 2.54 bits per heavy atom. The predicted molar refractivity (Wildman–Crippen MR) is 110 cm³/mol. The third-order valence-corrected chi connectivity index (χ3v) is 4.70. The molecule has 26 heavy (non-hydrogen) atoms. The van der Waals surface area contributed by atoms with Crippen molar-refractivity contribution in [3.8, 4) is 5.75 Å². The number of nitrogens with zero attached hydrogens (tertiary/aromatic N) is 1. The summed E-state index contributed by atoms with van der Waals surface area (Å²) in [6.45, 7) is 4.56. The van der Waals surface area contributed by atoms with Gasteiger partial charge in [0.1, 0.15) is 12.4 Å². The Labute approximate surface area is 164 Å². The minimum atomic E-state index is 0.413. The summed E-state index contributed by atoms with van der Waals surface area (Å²) in [7, 11) is 0. The molecule has 0 saturated heterocycles. The van der Waals surface area contributed by atoms with Gasteiger partial charge in [-0.15, -0.1) is 0 Å². The lowest BCUT2D eigenvalue weighted by molar-refractivity contribution is 0.306. The Kier molecular flexibility index (Phi) is 5.97. The van der Waals surface area contributed by atoms with E-state index in [1.165, 1.54) is 11.1 Å². The van der Waals surface area contributed by atoms with Crippen LogP contribution in [0.15, 0.2) is 65.7 Å². The molecule has 3 rings (SSSR count). The van der Waals surface area contributed by atoms with Gasteiger partial charge in [0, 0.05) is 11.2 Å². The highest BCUT2D eigenvalue weighted by Crippen LogP contribution is 2.27. The number of aryl methyl sites for hydroxylation is 1. The standard InChI is InChI=1S/C22H19Cl2NO/c1-15-5-3-8-21(16(15)2)25-13-17-9-10-22(20(24)12-17)26-14-18-6-4-7-19(23)11-18/h3-13H,14H2,1-2H3. The minimum Gasteiger partial charge on any atom is -0.487 e. The molecule has 0 atom stereocenters. The average Bonchev–Trinajstić information content (AvgIpc) is 2.62. The van der Waals surface area contributed by atoms with Crippen LogP contribution in [0.5, 0.6) is 5.75 Å². The maximum atomic E-state index is 6.35. The third kappa shape index (κ3) is 4.66. The maximum absolute atomic E-state index is 6.35. The van der Waals surface area contributed by atoms with Crippen LogP contribution < -0.4 is 4.74 Å². The maximum Gasteiger partial charge on any atom is 0.138 e. The second kappa shape index (κ2) is 8.39. The Morgan fingerprint density at radius 2 is 1.77 bits per heavy atom. The van der Waals surface area contributed by atoms with Crippen molar-refractivity contribution in [1.29, 1.82) is 0 Å². The van der Waals surface area contributed by atoms with Gasteiger partial charge in [-0.05, 0) is 72.5 Å². The molecule has 0 amide bonds. The van der Waals surface area contributed by atoms with E-state index < -0.39 is 0 Å². The Hall–Kier alpha value is -2.29. The fourth-order valence-corrected chi connectivity index (χ4v) is 2.98. The van der Waals surface area contributed by atoms with Crippen molar-refractivity contribution in [3.05, 3.63) is 93.0 Å². The monoisotopic (exact) mass is 383 g/mol. The van der Waals surface area contributed by atoms with Gasteiger partial charge in [-0.2, -0.15) is 0 Å². The Morgan fingerprint density at radius 1 is 0.962 bits per heavy atom. The molecule has 0 aliphatic heterocycles. The molecular weight excluding hydrogens is 365 g/mol. The van der Waals surface area contributed by atoms with Crippen LogP contribution in [-0.2, 0) is 6.61 Å². The van der Waals surface area contributed by atoms with Gasteiger partial charge in [-0.1, -0.05) is 47.5 Å². The predicted octanol–water partition coefficient (Wildman–Crippen LogP) is 6.94. The van der Waals surface area contributed by atoms with E-state index in [0.29, 0.717) is 22.4 Å². The average molecular weight is 384 g/mol. The van der Waals surface area contributed by atoms with Crippen LogP contribution >= 0.6 is 23.2 Å². The summed E-state index contributed by atoms with van der Waals surface area (Å²) in [5, 5.41) is 1.24. The largest absolute Gasteiger partial charge is 0.487 e. The molecule has 4 heteroatoms. The number of ether oxygens (including phenoxy) is 1. The number of hydrogen-bond acceptors (Lipinski definition) is 2. The molecule has 2 nitrogen and oxygen atoms in total. The van der Waals surface area contributed by atoms with Gasteiger partial charge in [0.25, 0.3) is 0 Å². The van der Waals surface area contributed by atoms with Crippen molar-refractivity contribution in [2.24, 2.45) is 4.99 Å². The van der Waals surface area contributed by atoms with Gasteiger partial charge in [0.05, 0.1) is 10.7 Å². The van der Waals surface area contributed by atoms with Gasteiger partial charge in [-0.3, -0.25) is 4.99 Å². The summed E-state index contributed by atoms with van der Waals surface area (Å²) in [6.07, 6.45) is 1.81. The highest BCUT2D eigenvalue weighted by Gasteiger charge is 2.04. The van der Waals surface area contributed by atoms with Crippen molar-refractivity contribution in [2.45, 2.75) is 20.5 Å². The minimum absolute atomic E-state index is 0.413. The summed E-state index contributed by atoms with van der Waals surface area (Å²) < 4.78 is 5.80. The van der Waals surface area contributed by atoms with Gasteiger partial charge < -0.3 is 4.74 Å². The molecule has 0 radical (unpaired) electrons. The van der Waals surface area contributed by atoms with Crippen LogP contribution in [0.25, 0.3) is 0 Å². The summed E-state index contributed by atoms with van der Waals surface area (Å²) in [5.74, 6) is 0.635. The molecule has 0 aliphatic rings. The zero-order chi connectivity index (χ0) is 18.5. The SMILES string of the molecule is Cc1cccc(N=Cc2ccc(OCc3cccc(Cl)c3)c(Cl)c2)c1C. The lowest BCUT2D eigenvalue weighted by Crippen LogP contribution is -1.96. The van der Waals surface area contributed by atoms with Crippen molar-refractivity contribution in [1.82, 2.24) is 0 Å². The summed E-state index contributed by atoms with van der Waals surface area (Å²) >= 11 is 12.3. The van der Waals surface area contributed by atoms with Gasteiger partial charge >= 0.3 is 0 Å². The first-order valence-corrected chi connectivity index (χ1v) is 9.05. The first-order chi connectivity index (χ1) is 12.5. The number of benzene rings is 3. The fraction of sp³-hybridized carbons (Fsp3) is 0.136. The first-order valence-electron chi connectivity index (χ1n) is 8.30. The van der Waals surface area contributed by atoms with E-state index in [1.54, 1.807) is 0 Å². The summed E-state index contributed by atoms with van der Waals surface area (Å²) in [5.41, 5.74) is 5.28. The lowest BCUT2D eigenvalue weighted by atomic mass is 10.1. The van der Waals surface area contributed by atoms with Crippen LogP contribution in [0.3, 0.4) is 0 Å². The van der Waals surface area contributed by atoms with Gasteiger partial charge in [0.2, 0.25) is 0 Å². The van der Waals surface area contributed by atoms with Crippen LogP contribution in [0.2, 0.25) is 10.0 Å². The molecule has 0 spiro atoms. The quantitative estimate of drug-likeness (QED) is 0.437. The molecule has 132 valence electrons. The topological polar surface area (TPSA) is 21.6 Å². The molecule has 0 aliphatic carbocycles. The zero-order valence-corrected chi connectivity index (χ0v) is 16.2. The molecular formula is C22H19Cl2NO. The van der Waals surface area contributed by atoms with E-state index in [0.717, 1.165) is 16.8 Å². The van der Waals surface area contributed by atoms with Crippen LogP contribution in [0.4, 0.5) is 5.69 Å². The fourth-order valence-electron chi connectivity index (χ4n) is 2.52.